The van der Waals surface area contributed by atoms with Crippen LogP contribution in [0.1, 0.15) is 26.7 Å². The van der Waals surface area contributed by atoms with E-state index in [4.69, 9.17) is 9.47 Å². The number of nitrogens with one attached hydrogen (secondary N) is 3. The van der Waals surface area contributed by atoms with Crippen LogP contribution in [0, 0.1) is 0 Å². The summed E-state index contributed by atoms with van der Waals surface area (Å²) in [6, 6.07) is -0.148. The van der Waals surface area contributed by atoms with Gasteiger partial charge in [-0.25, -0.2) is 0 Å². The maximum atomic E-state index is 11.0. The Morgan fingerprint density at radius 2 is 2.31 bits per heavy atom. The van der Waals surface area contributed by atoms with Crippen molar-refractivity contribution in [2.24, 2.45) is 0 Å². The first-order valence-corrected chi connectivity index (χ1v) is 8.33. The van der Waals surface area contributed by atoms with E-state index in [-0.39, 0.29) is 24.3 Å². The van der Waals surface area contributed by atoms with E-state index in [9.17, 15) is 15.1 Å². The van der Waals surface area contributed by atoms with Gasteiger partial charge in [-0.2, -0.15) is 0 Å². The Hall–Kier alpha value is -2.87. The van der Waals surface area contributed by atoms with E-state index in [1.165, 1.54) is 13.0 Å². The van der Waals surface area contributed by atoms with Gasteiger partial charge >= 0.3 is 0 Å². The summed E-state index contributed by atoms with van der Waals surface area (Å²) in [6.45, 7) is 7.24. The molecule has 0 aromatic rings. The SMILES string of the molecule is C=C/C(=C\C=C(/NO)C1NC2=C(C=C(O)CC2)O1)OC[C@H](C)NC(C)=O. The van der Waals surface area contributed by atoms with Gasteiger partial charge in [0.1, 0.15) is 18.1 Å². The molecule has 8 nitrogen and oxygen atoms in total. The van der Waals surface area contributed by atoms with Crippen molar-refractivity contribution in [3.05, 3.63) is 59.6 Å². The van der Waals surface area contributed by atoms with Gasteiger partial charge in [0.15, 0.2) is 0 Å². The van der Waals surface area contributed by atoms with Crippen molar-refractivity contribution in [1.82, 2.24) is 16.1 Å². The summed E-state index contributed by atoms with van der Waals surface area (Å²) >= 11 is 0. The highest BCUT2D eigenvalue weighted by atomic mass is 16.5. The molecule has 5 N–H and O–H groups in total. The number of amides is 1. The predicted octanol–water partition coefficient (Wildman–Crippen LogP) is 1.85. The molecule has 0 bridgehead atoms. The van der Waals surface area contributed by atoms with Gasteiger partial charge in [-0.05, 0) is 31.6 Å². The molecule has 1 unspecified atom stereocenters. The number of allylic oxidation sites excluding steroid dienone is 6. The van der Waals surface area contributed by atoms with E-state index < -0.39 is 6.23 Å². The zero-order chi connectivity index (χ0) is 19.1. The van der Waals surface area contributed by atoms with Gasteiger partial charge in [-0.3, -0.25) is 15.5 Å². The van der Waals surface area contributed by atoms with Crippen molar-refractivity contribution in [3.63, 3.8) is 0 Å². The van der Waals surface area contributed by atoms with Crippen LogP contribution >= 0.6 is 0 Å². The van der Waals surface area contributed by atoms with Crippen LogP contribution in [0.4, 0.5) is 0 Å². The number of hydrogen-bond donors (Lipinski definition) is 5. The minimum absolute atomic E-state index is 0.127. The number of aliphatic hydroxyl groups is 1. The van der Waals surface area contributed by atoms with E-state index >= 15 is 0 Å². The fourth-order valence-electron chi connectivity index (χ4n) is 2.53. The quantitative estimate of drug-likeness (QED) is 0.254. The Balaban J connectivity index is 1.98. The second kappa shape index (κ2) is 9.00. The lowest BCUT2D eigenvalue weighted by Gasteiger charge is -2.16. The second-order valence-corrected chi connectivity index (χ2v) is 6.04. The Morgan fingerprint density at radius 3 is 2.96 bits per heavy atom. The Morgan fingerprint density at radius 1 is 1.54 bits per heavy atom. The fraction of sp³-hybridized carbons (Fsp3) is 0.389. The van der Waals surface area contributed by atoms with Crippen LogP contribution in [0.15, 0.2) is 59.6 Å². The first-order valence-electron chi connectivity index (χ1n) is 8.33. The predicted molar refractivity (Wildman–Crippen MR) is 95.5 cm³/mol. The summed E-state index contributed by atoms with van der Waals surface area (Å²) in [5, 5.41) is 24.9. The number of aliphatic hydroxyl groups excluding tert-OH is 1. The van der Waals surface area contributed by atoms with Gasteiger partial charge in [0.25, 0.3) is 0 Å². The third-order valence-corrected chi connectivity index (χ3v) is 3.77. The molecule has 0 radical (unpaired) electrons. The molecule has 0 fully saturated rings. The van der Waals surface area contributed by atoms with Crippen molar-refractivity contribution in [1.29, 1.82) is 0 Å². The molecule has 1 amide bonds. The smallest absolute Gasteiger partial charge is 0.217 e. The molecule has 0 spiro atoms. The van der Waals surface area contributed by atoms with Crippen LogP contribution in [0.2, 0.25) is 0 Å². The minimum atomic E-state index is -0.604. The van der Waals surface area contributed by atoms with Gasteiger partial charge in [-0.1, -0.05) is 6.58 Å². The van der Waals surface area contributed by atoms with Crippen molar-refractivity contribution >= 4 is 5.91 Å². The zero-order valence-corrected chi connectivity index (χ0v) is 14.9. The highest BCUT2D eigenvalue weighted by Gasteiger charge is 2.28. The summed E-state index contributed by atoms with van der Waals surface area (Å²) in [7, 11) is 0. The molecular formula is C18H25N3O5. The first kappa shape index (κ1) is 19.5. The molecule has 2 rings (SSSR count). The van der Waals surface area contributed by atoms with E-state index in [2.05, 4.69) is 22.7 Å². The van der Waals surface area contributed by atoms with Gasteiger partial charge in [-0.15, -0.1) is 0 Å². The number of hydroxylamine groups is 1. The molecule has 0 aromatic carbocycles. The van der Waals surface area contributed by atoms with Crippen molar-refractivity contribution in [2.75, 3.05) is 6.61 Å². The topological polar surface area (TPSA) is 112 Å². The van der Waals surface area contributed by atoms with Gasteiger partial charge in [0, 0.05) is 19.4 Å². The third kappa shape index (κ3) is 5.32. The fourth-order valence-corrected chi connectivity index (χ4v) is 2.53. The van der Waals surface area contributed by atoms with Crippen LogP contribution in [0.3, 0.4) is 0 Å². The monoisotopic (exact) mass is 363 g/mol. The first-order chi connectivity index (χ1) is 12.4. The van der Waals surface area contributed by atoms with E-state index in [1.54, 1.807) is 18.2 Å². The van der Waals surface area contributed by atoms with Crippen LogP contribution in [0.25, 0.3) is 0 Å². The number of rotatable bonds is 8. The largest absolute Gasteiger partial charge is 0.512 e. The Labute approximate surface area is 152 Å². The van der Waals surface area contributed by atoms with Crippen LogP contribution in [-0.4, -0.2) is 35.1 Å². The molecule has 2 atom stereocenters. The molecule has 1 aliphatic heterocycles. The second-order valence-electron chi connectivity index (χ2n) is 6.04. The third-order valence-electron chi connectivity index (χ3n) is 3.77. The molecule has 26 heavy (non-hydrogen) atoms. The van der Waals surface area contributed by atoms with Crippen molar-refractivity contribution in [3.8, 4) is 0 Å². The average Bonchev–Trinajstić information content (AvgIpc) is 3.00. The lowest BCUT2D eigenvalue weighted by molar-refractivity contribution is -0.119. The van der Waals surface area contributed by atoms with Gasteiger partial charge in [0.2, 0.25) is 12.1 Å². The minimum Gasteiger partial charge on any atom is -0.512 e. The molecule has 2 aliphatic rings. The number of carbonyl (C=O) groups excluding carboxylic acids is 1. The number of ether oxygens (including phenoxy) is 2. The molecule has 0 saturated carbocycles. The zero-order valence-electron chi connectivity index (χ0n) is 14.9. The lowest BCUT2D eigenvalue weighted by atomic mass is 10.1. The molecule has 1 aliphatic carbocycles. The maximum Gasteiger partial charge on any atom is 0.217 e. The van der Waals surface area contributed by atoms with Gasteiger partial charge < -0.3 is 25.2 Å². The van der Waals surface area contributed by atoms with Crippen LogP contribution < -0.4 is 16.1 Å². The molecular weight excluding hydrogens is 338 g/mol. The molecule has 0 saturated heterocycles. The molecule has 0 aromatic heterocycles. The maximum absolute atomic E-state index is 11.0. The Bertz CT molecular complexity index is 678. The summed E-state index contributed by atoms with van der Waals surface area (Å²) < 4.78 is 11.3. The summed E-state index contributed by atoms with van der Waals surface area (Å²) in [4.78, 5) is 11.0. The number of hydrogen-bond acceptors (Lipinski definition) is 7. The van der Waals surface area contributed by atoms with E-state index in [0.29, 0.717) is 30.1 Å². The van der Waals surface area contributed by atoms with Crippen LogP contribution in [-0.2, 0) is 14.3 Å². The molecule has 142 valence electrons. The molecule has 8 heteroatoms. The van der Waals surface area contributed by atoms with Gasteiger partial charge in [0.05, 0.1) is 23.2 Å². The van der Waals surface area contributed by atoms with E-state index in [0.717, 1.165) is 5.70 Å². The summed E-state index contributed by atoms with van der Waals surface area (Å²) in [5.74, 6) is 1.18. The van der Waals surface area contributed by atoms with Crippen LogP contribution in [0.5, 0.6) is 0 Å². The highest BCUT2D eigenvalue weighted by molar-refractivity contribution is 5.73. The summed E-state index contributed by atoms with van der Waals surface area (Å²) in [5.41, 5.74) is 3.35. The lowest BCUT2D eigenvalue weighted by Crippen LogP contribution is -2.34. The van der Waals surface area contributed by atoms with Crippen molar-refractivity contribution < 1.29 is 24.6 Å². The van der Waals surface area contributed by atoms with Crippen molar-refractivity contribution in [2.45, 2.75) is 39.0 Å². The van der Waals surface area contributed by atoms with E-state index in [1.807, 2.05) is 6.92 Å². The number of carbonyl (C=O) groups is 1. The average molecular weight is 363 g/mol. The highest BCUT2D eigenvalue weighted by Crippen LogP contribution is 2.29. The Kier molecular flexibility index (Phi) is 6.74. The molecule has 1 heterocycles. The normalized spacial score (nSPS) is 21.0. The summed E-state index contributed by atoms with van der Waals surface area (Å²) in [6.07, 6.45) is 6.91. The standard InChI is InChI=1S/C18H25N3O5/c1-4-14(25-10-11(2)19-12(3)22)6-8-16(21-24)18-20-15-7-5-13(23)9-17(15)26-18/h4,6,8-9,11,18,20-21,23-24H,1,5,7,10H2,2-3H3,(H,19,22)/b14-6+,16-8-/t11-,18?/m0/s1.